The van der Waals surface area contributed by atoms with Gasteiger partial charge in [-0.2, -0.15) is 0 Å². The number of nitrogens with one attached hydrogen (secondary N) is 2. The van der Waals surface area contributed by atoms with Crippen LogP contribution >= 0.6 is 11.6 Å². The van der Waals surface area contributed by atoms with E-state index in [0.29, 0.717) is 6.04 Å². The monoisotopic (exact) mass is 254 g/mol. The SMILES string of the molecule is COc1ccc(Cl)cc1NC1CNC(C)(C)C1. The molecule has 1 heterocycles. The average molecular weight is 255 g/mol. The molecule has 2 N–H and O–H groups in total. The summed E-state index contributed by atoms with van der Waals surface area (Å²) in [6.07, 6.45) is 1.09. The molecule has 0 radical (unpaired) electrons. The van der Waals surface area contributed by atoms with Gasteiger partial charge in [0, 0.05) is 23.1 Å². The highest BCUT2D eigenvalue weighted by Gasteiger charge is 2.30. The fraction of sp³-hybridized carbons (Fsp3) is 0.538. The lowest BCUT2D eigenvalue weighted by molar-refractivity contribution is 0.415. The van der Waals surface area contributed by atoms with E-state index in [4.69, 9.17) is 16.3 Å². The number of halogens is 1. The van der Waals surface area contributed by atoms with Crippen molar-refractivity contribution < 1.29 is 4.74 Å². The number of anilines is 1. The Morgan fingerprint density at radius 2 is 2.24 bits per heavy atom. The van der Waals surface area contributed by atoms with Gasteiger partial charge in [0.15, 0.2) is 0 Å². The smallest absolute Gasteiger partial charge is 0.142 e. The lowest BCUT2D eigenvalue weighted by Crippen LogP contribution is -2.31. The van der Waals surface area contributed by atoms with Gasteiger partial charge in [0.05, 0.1) is 12.8 Å². The molecule has 3 nitrogen and oxygen atoms in total. The molecule has 4 heteroatoms. The van der Waals surface area contributed by atoms with Gasteiger partial charge in [-0.05, 0) is 38.5 Å². The minimum absolute atomic E-state index is 0.198. The topological polar surface area (TPSA) is 33.3 Å². The predicted octanol–water partition coefficient (Wildman–Crippen LogP) is 2.90. The van der Waals surface area contributed by atoms with E-state index in [1.54, 1.807) is 7.11 Å². The summed E-state index contributed by atoms with van der Waals surface area (Å²) < 4.78 is 5.32. The van der Waals surface area contributed by atoms with Gasteiger partial charge in [-0.3, -0.25) is 0 Å². The van der Waals surface area contributed by atoms with Crippen molar-refractivity contribution in [3.63, 3.8) is 0 Å². The zero-order chi connectivity index (χ0) is 12.5. The fourth-order valence-corrected chi connectivity index (χ4v) is 2.45. The highest BCUT2D eigenvalue weighted by atomic mass is 35.5. The molecule has 1 atom stereocenters. The summed E-state index contributed by atoms with van der Waals surface area (Å²) in [4.78, 5) is 0. The van der Waals surface area contributed by atoms with Crippen molar-refractivity contribution in [2.45, 2.75) is 31.8 Å². The van der Waals surface area contributed by atoms with Crippen LogP contribution in [0.15, 0.2) is 18.2 Å². The number of hydrogen-bond acceptors (Lipinski definition) is 3. The largest absolute Gasteiger partial charge is 0.495 e. The van der Waals surface area contributed by atoms with Crippen LogP contribution in [0.5, 0.6) is 5.75 Å². The lowest BCUT2D eigenvalue weighted by Gasteiger charge is -2.19. The van der Waals surface area contributed by atoms with Crippen LogP contribution in [0.1, 0.15) is 20.3 Å². The van der Waals surface area contributed by atoms with Gasteiger partial charge in [0.1, 0.15) is 5.75 Å². The van der Waals surface area contributed by atoms with Crippen molar-refractivity contribution >= 4 is 17.3 Å². The Hall–Kier alpha value is -0.930. The third kappa shape index (κ3) is 3.05. The van der Waals surface area contributed by atoms with Crippen LogP contribution in [-0.2, 0) is 0 Å². The zero-order valence-corrected chi connectivity index (χ0v) is 11.3. The second-order valence-electron chi connectivity index (χ2n) is 5.15. The van der Waals surface area contributed by atoms with Gasteiger partial charge in [0.2, 0.25) is 0 Å². The lowest BCUT2D eigenvalue weighted by atomic mass is 10.0. The number of hydrogen-bond donors (Lipinski definition) is 2. The van der Waals surface area contributed by atoms with Crippen molar-refractivity contribution in [3.8, 4) is 5.75 Å². The summed E-state index contributed by atoms with van der Waals surface area (Å²) in [6.45, 7) is 5.39. The molecule has 2 rings (SSSR count). The Morgan fingerprint density at radius 1 is 1.47 bits per heavy atom. The van der Waals surface area contributed by atoms with Crippen LogP contribution in [0.4, 0.5) is 5.69 Å². The first-order valence-electron chi connectivity index (χ1n) is 5.85. The van der Waals surface area contributed by atoms with E-state index in [0.717, 1.165) is 29.4 Å². The maximum atomic E-state index is 6.00. The van der Waals surface area contributed by atoms with E-state index in [1.807, 2.05) is 18.2 Å². The second kappa shape index (κ2) is 4.75. The molecule has 1 unspecified atom stereocenters. The third-order valence-electron chi connectivity index (χ3n) is 3.10. The summed E-state index contributed by atoms with van der Waals surface area (Å²) in [5.74, 6) is 0.833. The highest BCUT2D eigenvalue weighted by molar-refractivity contribution is 6.30. The van der Waals surface area contributed by atoms with E-state index in [-0.39, 0.29) is 5.54 Å². The molecule has 1 aliphatic heterocycles. The van der Waals surface area contributed by atoms with Gasteiger partial charge in [-0.15, -0.1) is 0 Å². The molecule has 0 spiro atoms. The van der Waals surface area contributed by atoms with Gasteiger partial charge < -0.3 is 15.4 Å². The van der Waals surface area contributed by atoms with Crippen LogP contribution < -0.4 is 15.4 Å². The first-order valence-corrected chi connectivity index (χ1v) is 6.23. The summed E-state index contributed by atoms with van der Waals surface area (Å²) in [6, 6.07) is 6.05. The average Bonchev–Trinajstić information content (AvgIpc) is 2.58. The van der Waals surface area contributed by atoms with Crippen LogP contribution in [0.3, 0.4) is 0 Å². The van der Waals surface area contributed by atoms with E-state index in [2.05, 4.69) is 24.5 Å². The van der Waals surface area contributed by atoms with Gasteiger partial charge in [0.25, 0.3) is 0 Å². The number of methoxy groups -OCH3 is 1. The second-order valence-corrected chi connectivity index (χ2v) is 5.59. The molecular weight excluding hydrogens is 236 g/mol. The summed E-state index contributed by atoms with van der Waals surface area (Å²) in [5, 5.41) is 7.69. The quantitative estimate of drug-likeness (QED) is 0.870. The molecule has 0 aliphatic carbocycles. The van der Waals surface area contributed by atoms with Crippen LogP contribution in [0, 0.1) is 0 Å². The molecule has 1 fully saturated rings. The normalized spacial score (nSPS) is 22.5. The molecule has 1 aromatic carbocycles. The number of benzene rings is 1. The molecule has 0 aromatic heterocycles. The van der Waals surface area contributed by atoms with Gasteiger partial charge in [-0.1, -0.05) is 11.6 Å². The summed E-state index contributed by atoms with van der Waals surface area (Å²) >= 11 is 6.00. The Balaban J connectivity index is 2.11. The van der Waals surface area contributed by atoms with Gasteiger partial charge in [-0.25, -0.2) is 0 Å². The van der Waals surface area contributed by atoms with E-state index in [1.165, 1.54) is 0 Å². The first kappa shape index (κ1) is 12.5. The molecule has 1 aromatic rings. The summed E-state index contributed by atoms with van der Waals surface area (Å²) in [5.41, 5.74) is 1.16. The third-order valence-corrected chi connectivity index (χ3v) is 3.34. The highest BCUT2D eigenvalue weighted by Crippen LogP contribution is 2.30. The molecule has 0 amide bonds. The molecule has 17 heavy (non-hydrogen) atoms. The van der Waals surface area contributed by atoms with Crippen LogP contribution in [-0.4, -0.2) is 25.2 Å². The standard InChI is InChI=1S/C13H19ClN2O/c1-13(2)7-10(8-15-13)16-11-6-9(14)4-5-12(11)17-3/h4-6,10,15-16H,7-8H2,1-3H3. The Morgan fingerprint density at radius 3 is 2.82 bits per heavy atom. The van der Waals surface area contributed by atoms with Crippen molar-refractivity contribution in [1.29, 1.82) is 0 Å². The fourth-order valence-electron chi connectivity index (χ4n) is 2.27. The van der Waals surface area contributed by atoms with Crippen LogP contribution in [0.2, 0.25) is 5.02 Å². The molecule has 1 aliphatic rings. The van der Waals surface area contributed by atoms with E-state index in [9.17, 15) is 0 Å². The number of ether oxygens (including phenoxy) is 1. The first-order chi connectivity index (χ1) is 8.00. The predicted molar refractivity (Wildman–Crippen MR) is 72.1 cm³/mol. The Bertz CT molecular complexity index is 406. The maximum absolute atomic E-state index is 6.00. The van der Waals surface area contributed by atoms with Crippen LogP contribution in [0.25, 0.3) is 0 Å². The Labute approximate surface area is 107 Å². The van der Waals surface area contributed by atoms with Crippen molar-refractivity contribution in [1.82, 2.24) is 5.32 Å². The summed E-state index contributed by atoms with van der Waals surface area (Å²) in [7, 11) is 1.67. The number of rotatable bonds is 3. The Kier molecular flexibility index (Phi) is 3.50. The van der Waals surface area contributed by atoms with Gasteiger partial charge >= 0.3 is 0 Å². The molecule has 0 bridgehead atoms. The van der Waals surface area contributed by atoms with Crippen molar-refractivity contribution in [2.24, 2.45) is 0 Å². The van der Waals surface area contributed by atoms with E-state index < -0.39 is 0 Å². The molecular formula is C13H19ClN2O. The van der Waals surface area contributed by atoms with Crippen molar-refractivity contribution in [3.05, 3.63) is 23.2 Å². The minimum atomic E-state index is 0.198. The van der Waals surface area contributed by atoms with Crippen molar-refractivity contribution in [2.75, 3.05) is 19.0 Å². The molecule has 94 valence electrons. The molecule has 1 saturated heterocycles. The minimum Gasteiger partial charge on any atom is -0.495 e. The zero-order valence-electron chi connectivity index (χ0n) is 10.5. The molecule has 0 saturated carbocycles. The van der Waals surface area contributed by atoms with E-state index >= 15 is 0 Å². The maximum Gasteiger partial charge on any atom is 0.142 e.